The van der Waals surface area contributed by atoms with Gasteiger partial charge in [-0.1, -0.05) is 0 Å². The molecule has 13 heavy (non-hydrogen) atoms. The molecule has 2 saturated heterocycles. The number of rotatable bonds is 1. The van der Waals surface area contributed by atoms with Crippen molar-refractivity contribution in [1.29, 1.82) is 0 Å². The van der Waals surface area contributed by atoms with Gasteiger partial charge in [-0.15, -0.1) is 12.4 Å². The second kappa shape index (κ2) is 4.60. The second-order valence-electron chi connectivity index (χ2n) is 3.89. The fourth-order valence-electron chi connectivity index (χ4n) is 2.27. The Morgan fingerprint density at radius 2 is 2.00 bits per heavy atom. The lowest BCUT2D eigenvalue weighted by molar-refractivity contribution is -0.0742. The van der Waals surface area contributed by atoms with Gasteiger partial charge in [-0.05, 0) is 38.8 Å². The number of halogens is 1. The van der Waals surface area contributed by atoms with Gasteiger partial charge in [0.2, 0.25) is 0 Å². The summed E-state index contributed by atoms with van der Waals surface area (Å²) in [4.78, 5) is 0. The highest BCUT2D eigenvalue weighted by atomic mass is 35.5. The van der Waals surface area contributed by atoms with Crippen LogP contribution in [0.4, 0.5) is 0 Å². The topological polar surface area (TPSA) is 41.5 Å². The third-order valence-electron chi connectivity index (χ3n) is 3.06. The summed E-state index contributed by atoms with van der Waals surface area (Å²) in [6.07, 6.45) is 4.52. The van der Waals surface area contributed by atoms with Gasteiger partial charge in [-0.2, -0.15) is 0 Å². The number of ether oxygens (including phenoxy) is 1. The van der Waals surface area contributed by atoms with Crippen LogP contribution in [0, 0.1) is 0 Å². The first kappa shape index (κ1) is 11.2. The molecule has 2 heterocycles. The molecule has 2 rings (SSSR count). The van der Waals surface area contributed by atoms with E-state index in [1.54, 1.807) is 0 Å². The third-order valence-corrected chi connectivity index (χ3v) is 3.06. The van der Waals surface area contributed by atoms with Crippen LogP contribution in [0.15, 0.2) is 0 Å². The van der Waals surface area contributed by atoms with Crippen molar-refractivity contribution in [2.75, 3.05) is 19.7 Å². The predicted molar refractivity (Wildman–Crippen MR) is 53.3 cm³/mol. The molecule has 2 aliphatic heterocycles. The minimum Gasteiger partial charge on any atom is -0.394 e. The molecular formula is C9H18ClNO2. The highest BCUT2D eigenvalue weighted by Crippen LogP contribution is 2.36. The Morgan fingerprint density at radius 1 is 1.31 bits per heavy atom. The summed E-state index contributed by atoms with van der Waals surface area (Å²) in [5, 5.41) is 12.3. The van der Waals surface area contributed by atoms with Crippen molar-refractivity contribution in [3.05, 3.63) is 0 Å². The average molecular weight is 208 g/mol. The van der Waals surface area contributed by atoms with Crippen molar-refractivity contribution in [2.24, 2.45) is 0 Å². The molecule has 0 radical (unpaired) electrons. The van der Waals surface area contributed by atoms with Crippen LogP contribution < -0.4 is 5.32 Å². The van der Waals surface area contributed by atoms with Gasteiger partial charge in [0.1, 0.15) is 0 Å². The summed E-state index contributed by atoms with van der Waals surface area (Å²) in [6.45, 7) is 2.32. The molecule has 3 nitrogen and oxygen atoms in total. The van der Waals surface area contributed by atoms with Crippen LogP contribution >= 0.6 is 12.4 Å². The maximum atomic E-state index is 8.94. The summed E-state index contributed by atoms with van der Waals surface area (Å²) in [7, 11) is 0. The number of aliphatic hydroxyl groups excluding tert-OH is 1. The second-order valence-corrected chi connectivity index (χ2v) is 3.89. The first-order valence-corrected chi connectivity index (χ1v) is 4.84. The average Bonchev–Trinajstić information content (AvgIpc) is 2.50. The molecule has 0 bridgehead atoms. The zero-order chi connectivity index (χ0) is 8.44. The molecule has 1 unspecified atom stereocenters. The van der Waals surface area contributed by atoms with E-state index in [4.69, 9.17) is 9.84 Å². The van der Waals surface area contributed by atoms with Crippen LogP contribution in [0.5, 0.6) is 0 Å². The lowest BCUT2D eigenvalue weighted by atomic mass is 9.89. The summed E-state index contributed by atoms with van der Waals surface area (Å²) < 4.78 is 5.85. The number of hydrogen-bond donors (Lipinski definition) is 2. The van der Waals surface area contributed by atoms with Crippen molar-refractivity contribution >= 4 is 12.4 Å². The molecule has 0 aromatic carbocycles. The normalized spacial score (nSPS) is 31.6. The molecule has 0 aromatic rings. The van der Waals surface area contributed by atoms with Gasteiger partial charge in [0.15, 0.2) is 0 Å². The molecule has 1 atom stereocenters. The van der Waals surface area contributed by atoms with Gasteiger partial charge in [0.25, 0.3) is 0 Å². The van der Waals surface area contributed by atoms with E-state index in [1.165, 1.54) is 0 Å². The van der Waals surface area contributed by atoms with E-state index < -0.39 is 0 Å². The van der Waals surface area contributed by atoms with Crippen LogP contribution in [-0.2, 0) is 4.74 Å². The lowest BCUT2D eigenvalue weighted by Crippen LogP contribution is -2.42. The van der Waals surface area contributed by atoms with E-state index in [0.29, 0.717) is 0 Å². The monoisotopic (exact) mass is 207 g/mol. The van der Waals surface area contributed by atoms with Crippen molar-refractivity contribution < 1.29 is 9.84 Å². The molecular weight excluding hydrogens is 190 g/mol. The standard InChI is InChI=1S/C9H17NO2.ClH/c11-7-8-1-2-9(12-8)3-5-10-6-4-9;/h8,10-11H,1-7H2;1H. The lowest BCUT2D eigenvalue weighted by Gasteiger charge is -2.33. The molecule has 78 valence electrons. The molecule has 0 saturated carbocycles. The van der Waals surface area contributed by atoms with E-state index in [0.717, 1.165) is 38.8 Å². The van der Waals surface area contributed by atoms with Gasteiger partial charge >= 0.3 is 0 Å². The van der Waals surface area contributed by atoms with E-state index >= 15 is 0 Å². The van der Waals surface area contributed by atoms with Crippen molar-refractivity contribution in [3.8, 4) is 0 Å². The highest BCUT2D eigenvalue weighted by molar-refractivity contribution is 5.85. The van der Waals surface area contributed by atoms with Crippen LogP contribution in [0.3, 0.4) is 0 Å². The van der Waals surface area contributed by atoms with Crippen LogP contribution in [-0.4, -0.2) is 36.5 Å². The van der Waals surface area contributed by atoms with E-state index in [-0.39, 0.29) is 30.7 Å². The first-order valence-electron chi connectivity index (χ1n) is 4.84. The zero-order valence-electron chi connectivity index (χ0n) is 7.79. The molecule has 2 N–H and O–H groups in total. The number of piperidine rings is 1. The summed E-state index contributed by atoms with van der Waals surface area (Å²) in [5.41, 5.74) is 0.124. The molecule has 0 aliphatic carbocycles. The Bertz CT molecular complexity index is 160. The summed E-state index contributed by atoms with van der Waals surface area (Å²) >= 11 is 0. The zero-order valence-corrected chi connectivity index (χ0v) is 8.61. The molecule has 4 heteroatoms. The Kier molecular flexibility index (Phi) is 3.98. The summed E-state index contributed by atoms with van der Waals surface area (Å²) in [5.74, 6) is 0. The van der Waals surface area contributed by atoms with Crippen LogP contribution in [0.1, 0.15) is 25.7 Å². The van der Waals surface area contributed by atoms with Gasteiger partial charge in [-0.25, -0.2) is 0 Å². The number of hydrogen-bond acceptors (Lipinski definition) is 3. The largest absolute Gasteiger partial charge is 0.394 e. The summed E-state index contributed by atoms with van der Waals surface area (Å²) in [6, 6.07) is 0. The van der Waals surface area contributed by atoms with Crippen molar-refractivity contribution in [1.82, 2.24) is 5.32 Å². The van der Waals surface area contributed by atoms with Gasteiger partial charge in [-0.3, -0.25) is 0 Å². The Morgan fingerprint density at radius 3 is 2.54 bits per heavy atom. The van der Waals surface area contributed by atoms with E-state index in [9.17, 15) is 0 Å². The number of nitrogens with one attached hydrogen (secondary N) is 1. The molecule has 1 spiro atoms. The van der Waals surface area contributed by atoms with E-state index in [2.05, 4.69) is 5.32 Å². The number of aliphatic hydroxyl groups is 1. The highest BCUT2D eigenvalue weighted by Gasteiger charge is 2.40. The van der Waals surface area contributed by atoms with E-state index in [1.807, 2.05) is 0 Å². The minimum absolute atomic E-state index is 0. The van der Waals surface area contributed by atoms with Crippen molar-refractivity contribution in [2.45, 2.75) is 37.4 Å². The maximum absolute atomic E-state index is 8.94. The Hall–Kier alpha value is 0.170. The fourth-order valence-corrected chi connectivity index (χ4v) is 2.27. The third kappa shape index (κ3) is 2.34. The molecule has 0 aromatic heterocycles. The van der Waals surface area contributed by atoms with Crippen molar-refractivity contribution in [3.63, 3.8) is 0 Å². The Balaban J connectivity index is 0.000000845. The predicted octanol–water partition coefficient (Wildman–Crippen LogP) is 0.702. The van der Waals surface area contributed by atoms with Crippen LogP contribution in [0.25, 0.3) is 0 Å². The molecule has 0 amide bonds. The van der Waals surface area contributed by atoms with Gasteiger partial charge in [0.05, 0.1) is 18.3 Å². The van der Waals surface area contributed by atoms with Gasteiger partial charge < -0.3 is 15.2 Å². The van der Waals surface area contributed by atoms with Gasteiger partial charge in [0, 0.05) is 0 Å². The SMILES string of the molecule is Cl.OCC1CCC2(CCNCC2)O1. The smallest absolute Gasteiger partial charge is 0.0814 e. The molecule has 2 fully saturated rings. The maximum Gasteiger partial charge on any atom is 0.0814 e. The van der Waals surface area contributed by atoms with Crippen LogP contribution in [0.2, 0.25) is 0 Å². The quantitative estimate of drug-likeness (QED) is 0.665. The first-order chi connectivity index (χ1) is 5.85. The minimum atomic E-state index is 0. The molecule has 2 aliphatic rings. The fraction of sp³-hybridized carbons (Fsp3) is 1.00. The Labute approximate surface area is 85.3 Å².